The highest BCUT2D eigenvalue weighted by Gasteiger charge is 2.21. The Morgan fingerprint density at radius 2 is 2.05 bits per heavy atom. The Bertz CT molecular complexity index is 401. The Kier molecular flexibility index (Phi) is 5.00. The van der Waals surface area contributed by atoms with Crippen molar-refractivity contribution >= 4 is 5.91 Å². The van der Waals surface area contributed by atoms with Gasteiger partial charge in [0.2, 0.25) is 5.91 Å². The molecule has 1 aromatic carbocycles. The van der Waals surface area contributed by atoms with Crippen molar-refractivity contribution in [2.75, 3.05) is 0 Å². The molecule has 1 saturated carbocycles. The molecule has 1 aromatic rings. The fraction of sp³-hybridized carbons (Fsp3) is 0.588. The van der Waals surface area contributed by atoms with Gasteiger partial charge in [-0.05, 0) is 30.2 Å². The quantitative estimate of drug-likeness (QED) is 0.873. The number of carbonyl (C=O) groups is 1. The molecule has 0 bridgehead atoms. The summed E-state index contributed by atoms with van der Waals surface area (Å²) in [6.07, 6.45) is 5.45. The van der Waals surface area contributed by atoms with Crippen LogP contribution in [0.15, 0.2) is 30.3 Å². The van der Waals surface area contributed by atoms with E-state index in [0.717, 1.165) is 18.8 Å². The van der Waals surface area contributed by atoms with Crippen LogP contribution in [0, 0.1) is 5.92 Å². The first kappa shape index (κ1) is 14.1. The first-order chi connectivity index (χ1) is 9.15. The predicted octanol–water partition coefficient (Wildman–Crippen LogP) is 3.88. The summed E-state index contributed by atoms with van der Waals surface area (Å²) in [5.74, 6) is 1.25. The van der Waals surface area contributed by atoms with E-state index in [2.05, 4.69) is 31.3 Å². The number of benzene rings is 1. The molecule has 2 heteroatoms. The standard InChI is InChI=1S/C17H25NO/c1-13-7-6-10-16(11-13)18-17(19)12-14(2)15-8-4-3-5-9-15/h3-5,8-9,13-14,16H,6-7,10-12H2,1-2H3,(H,18,19). The molecule has 1 amide bonds. The maximum absolute atomic E-state index is 12.1. The van der Waals surface area contributed by atoms with Gasteiger partial charge in [0, 0.05) is 12.5 Å². The highest BCUT2D eigenvalue weighted by molar-refractivity contribution is 5.77. The minimum Gasteiger partial charge on any atom is -0.353 e. The molecule has 3 unspecified atom stereocenters. The van der Waals surface area contributed by atoms with Crippen LogP contribution in [0.25, 0.3) is 0 Å². The zero-order valence-electron chi connectivity index (χ0n) is 12.1. The highest BCUT2D eigenvalue weighted by atomic mass is 16.1. The van der Waals surface area contributed by atoms with Crippen molar-refractivity contribution < 1.29 is 4.79 Å². The van der Waals surface area contributed by atoms with E-state index in [1.54, 1.807) is 0 Å². The van der Waals surface area contributed by atoms with Gasteiger partial charge in [0.15, 0.2) is 0 Å². The number of amides is 1. The smallest absolute Gasteiger partial charge is 0.220 e. The van der Waals surface area contributed by atoms with Crippen LogP contribution in [0.1, 0.15) is 57.4 Å². The number of nitrogens with one attached hydrogen (secondary N) is 1. The molecule has 0 saturated heterocycles. The van der Waals surface area contributed by atoms with Gasteiger partial charge in [-0.3, -0.25) is 4.79 Å². The molecule has 19 heavy (non-hydrogen) atoms. The van der Waals surface area contributed by atoms with Crippen LogP contribution < -0.4 is 5.32 Å². The van der Waals surface area contributed by atoms with E-state index in [9.17, 15) is 4.79 Å². The summed E-state index contributed by atoms with van der Waals surface area (Å²) in [5, 5.41) is 3.21. The molecule has 2 nitrogen and oxygen atoms in total. The van der Waals surface area contributed by atoms with Gasteiger partial charge in [0.25, 0.3) is 0 Å². The second kappa shape index (κ2) is 6.74. The van der Waals surface area contributed by atoms with Gasteiger partial charge >= 0.3 is 0 Å². The second-order valence-corrected chi connectivity index (χ2v) is 6.05. The first-order valence-corrected chi connectivity index (χ1v) is 7.49. The van der Waals surface area contributed by atoms with Crippen LogP contribution in [-0.2, 0) is 4.79 Å². The Hall–Kier alpha value is -1.31. The fourth-order valence-corrected chi connectivity index (χ4v) is 3.03. The first-order valence-electron chi connectivity index (χ1n) is 7.49. The summed E-state index contributed by atoms with van der Waals surface area (Å²) >= 11 is 0. The van der Waals surface area contributed by atoms with E-state index in [4.69, 9.17) is 0 Å². The van der Waals surface area contributed by atoms with Crippen LogP contribution in [-0.4, -0.2) is 11.9 Å². The van der Waals surface area contributed by atoms with E-state index in [-0.39, 0.29) is 5.91 Å². The van der Waals surface area contributed by atoms with Crippen molar-refractivity contribution in [2.24, 2.45) is 5.92 Å². The van der Waals surface area contributed by atoms with Crippen molar-refractivity contribution in [1.29, 1.82) is 0 Å². The van der Waals surface area contributed by atoms with Crippen molar-refractivity contribution in [3.63, 3.8) is 0 Å². The van der Waals surface area contributed by atoms with Crippen molar-refractivity contribution in [3.8, 4) is 0 Å². The van der Waals surface area contributed by atoms with Crippen LogP contribution >= 0.6 is 0 Å². The van der Waals surface area contributed by atoms with Gasteiger partial charge in [0.1, 0.15) is 0 Å². The minimum atomic E-state index is 0.204. The second-order valence-electron chi connectivity index (χ2n) is 6.05. The van der Waals surface area contributed by atoms with E-state index in [1.807, 2.05) is 18.2 Å². The number of carbonyl (C=O) groups excluding carboxylic acids is 1. The van der Waals surface area contributed by atoms with Gasteiger partial charge in [0.05, 0.1) is 0 Å². The predicted molar refractivity (Wildman–Crippen MR) is 79.0 cm³/mol. The third-order valence-corrected chi connectivity index (χ3v) is 4.16. The lowest BCUT2D eigenvalue weighted by Gasteiger charge is -2.27. The van der Waals surface area contributed by atoms with E-state index >= 15 is 0 Å². The third kappa shape index (κ3) is 4.38. The van der Waals surface area contributed by atoms with E-state index < -0.39 is 0 Å². The third-order valence-electron chi connectivity index (χ3n) is 4.16. The largest absolute Gasteiger partial charge is 0.353 e. The zero-order chi connectivity index (χ0) is 13.7. The van der Waals surface area contributed by atoms with E-state index in [0.29, 0.717) is 18.4 Å². The number of rotatable bonds is 4. The summed E-state index contributed by atoms with van der Waals surface area (Å²) in [4.78, 5) is 12.1. The SMILES string of the molecule is CC1CCCC(NC(=O)CC(C)c2ccccc2)C1. The van der Waals surface area contributed by atoms with Crippen LogP contribution in [0.3, 0.4) is 0 Å². The zero-order valence-corrected chi connectivity index (χ0v) is 12.1. The van der Waals surface area contributed by atoms with Crippen molar-refractivity contribution in [2.45, 2.75) is 57.9 Å². The Morgan fingerprint density at radius 1 is 1.32 bits per heavy atom. The fourth-order valence-electron chi connectivity index (χ4n) is 3.03. The van der Waals surface area contributed by atoms with Gasteiger partial charge in [-0.15, -0.1) is 0 Å². The molecule has 3 atom stereocenters. The molecule has 0 aromatic heterocycles. The summed E-state index contributed by atoms with van der Waals surface area (Å²) in [6.45, 7) is 4.41. The summed E-state index contributed by atoms with van der Waals surface area (Å²) in [5.41, 5.74) is 1.25. The number of hydrogen-bond acceptors (Lipinski definition) is 1. The topological polar surface area (TPSA) is 29.1 Å². The normalized spacial score (nSPS) is 24.7. The molecule has 0 aliphatic heterocycles. The average molecular weight is 259 g/mol. The maximum atomic E-state index is 12.1. The molecule has 104 valence electrons. The highest BCUT2D eigenvalue weighted by Crippen LogP contribution is 2.24. The van der Waals surface area contributed by atoms with Crippen molar-refractivity contribution in [3.05, 3.63) is 35.9 Å². The molecule has 1 aliphatic carbocycles. The van der Waals surface area contributed by atoms with Crippen molar-refractivity contribution in [1.82, 2.24) is 5.32 Å². The summed E-state index contributed by atoms with van der Waals surface area (Å²) in [6, 6.07) is 10.7. The summed E-state index contributed by atoms with van der Waals surface area (Å²) < 4.78 is 0. The summed E-state index contributed by atoms with van der Waals surface area (Å²) in [7, 11) is 0. The van der Waals surface area contributed by atoms with Crippen LogP contribution in [0.5, 0.6) is 0 Å². The molecule has 1 N–H and O–H groups in total. The lowest BCUT2D eigenvalue weighted by atomic mass is 9.87. The molecular weight excluding hydrogens is 234 g/mol. The molecule has 0 radical (unpaired) electrons. The van der Waals surface area contributed by atoms with Gasteiger partial charge < -0.3 is 5.32 Å². The lowest BCUT2D eigenvalue weighted by molar-refractivity contribution is -0.122. The van der Waals surface area contributed by atoms with Gasteiger partial charge in [-0.1, -0.05) is 57.0 Å². The minimum absolute atomic E-state index is 0.204. The average Bonchev–Trinajstić information content (AvgIpc) is 2.39. The Balaban J connectivity index is 1.81. The monoisotopic (exact) mass is 259 g/mol. The Labute approximate surface area is 116 Å². The van der Waals surface area contributed by atoms with Crippen LogP contribution in [0.4, 0.5) is 0 Å². The van der Waals surface area contributed by atoms with Gasteiger partial charge in [-0.25, -0.2) is 0 Å². The molecule has 0 heterocycles. The number of hydrogen-bond donors (Lipinski definition) is 1. The van der Waals surface area contributed by atoms with E-state index in [1.165, 1.54) is 18.4 Å². The molecule has 2 rings (SSSR count). The lowest BCUT2D eigenvalue weighted by Crippen LogP contribution is -2.38. The van der Waals surface area contributed by atoms with Gasteiger partial charge in [-0.2, -0.15) is 0 Å². The Morgan fingerprint density at radius 3 is 2.74 bits per heavy atom. The molecule has 1 fully saturated rings. The molecule has 0 spiro atoms. The van der Waals surface area contributed by atoms with Crippen LogP contribution in [0.2, 0.25) is 0 Å². The molecular formula is C17H25NO. The maximum Gasteiger partial charge on any atom is 0.220 e. The molecule has 1 aliphatic rings.